The van der Waals surface area contributed by atoms with Crippen LogP contribution >= 0.6 is 0 Å². The molecule has 6 heteroatoms. The lowest BCUT2D eigenvalue weighted by Crippen LogP contribution is -2.30. The third-order valence-corrected chi connectivity index (χ3v) is 10.9. The van der Waals surface area contributed by atoms with Crippen LogP contribution in [0.5, 0.6) is 0 Å². The van der Waals surface area contributed by atoms with Crippen molar-refractivity contribution in [1.82, 2.24) is 0 Å². The molecule has 0 radical (unpaired) electrons. The molecule has 0 aliphatic heterocycles. The number of hydrogen-bond acceptors (Lipinski definition) is 6. The second-order valence-electron chi connectivity index (χ2n) is 17.7. The Bertz CT molecular complexity index is 1770. The van der Waals surface area contributed by atoms with Gasteiger partial charge in [0.2, 0.25) is 0 Å². The summed E-state index contributed by atoms with van der Waals surface area (Å²) in [6.45, 7) is 6.22. The third-order valence-electron chi connectivity index (χ3n) is 10.9. The maximum Gasteiger partial charge on any atom is 0.306 e. The summed E-state index contributed by atoms with van der Waals surface area (Å²) in [5.41, 5.74) is 0. The van der Waals surface area contributed by atoms with Crippen LogP contribution in [0.4, 0.5) is 0 Å². The Kier molecular flexibility index (Phi) is 54.6. The van der Waals surface area contributed by atoms with Gasteiger partial charge in [-0.25, -0.2) is 0 Å². The van der Waals surface area contributed by atoms with Crippen LogP contribution in [-0.2, 0) is 28.6 Å². The summed E-state index contributed by atoms with van der Waals surface area (Å²) in [7, 11) is 0. The van der Waals surface area contributed by atoms with Crippen molar-refractivity contribution in [2.75, 3.05) is 13.2 Å². The van der Waals surface area contributed by atoms with Crippen LogP contribution in [-0.4, -0.2) is 37.2 Å². The van der Waals surface area contributed by atoms with Crippen molar-refractivity contribution in [1.29, 1.82) is 0 Å². The van der Waals surface area contributed by atoms with Crippen LogP contribution in [0.2, 0.25) is 0 Å². The van der Waals surface area contributed by atoms with E-state index in [-0.39, 0.29) is 44.4 Å². The molecule has 0 aromatic rings. The second kappa shape index (κ2) is 59.1. The van der Waals surface area contributed by atoms with Crippen molar-refractivity contribution in [3.8, 4) is 0 Å². The molecule has 0 saturated carbocycles. The maximum atomic E-state index is 12.8. The second-order valence-corrected chi connectivity index (χ2v) is 17.7. The van der Waals surface area contributed by atoms with E-state index in [9.17, 15) is 14.4 Å². The topological polar surface area (TPSA) is 78.9 Å². The van der Waals surface area contributed by atoms with Gasteiger partial charge in [-0.1, -0.05) is 222 Å². The van der Waals surface area contributed by atoms with Crippen LogP contribution < -0.4 is 0 Å². The lowest BCUT2D eigenvalue weighted by Gasteiger charge is -2.18. The van der Waals surface area contributed by atoms with Gasteiger partial charge in [0, 0.05) is 19.3 Å². The first-order chi connectivity index (χ1) is 36.0. The van der Waals surface area contributed by atoms with Crippen LogP contribution in [0.3, 0.4) is 0 Å². The van der Waals surface area contributed by atoms with Gasteiger partial charge in [0.05, 0.1) is 0 Å². The van der Waals surface area contributed by atoms with Gasteiger partial charge >= 0.3 is 17.9 Å². The van der Waals surface area contributed by atoms with Crippen molar-refractivity contribution in [3.63, 3.8) is 0 Å². The number of carbonyl (C=O) groups is 3. The van der Waals surface area contributed by atoms with Crippen molar-refractivity contribution < 1.29 is 28.6 Å². The minimum Gasteiger partial charge on any atom is -0.462 e. The molecule has 1 atom stereocenters. The van der Waals surface area contributed by atoms with Crippen molar-refractivity contribution in [2.24, 2.45) is 0 Å². The number of carbonyl (C=O) groups excluding carboxylic acids is 3. The molecule has 0 bridgehead atoms. The van der Waals surface area contributed by atoms with Gasteiger partial charge in [0.1, 0.15) is 13.2 Å². The van der Waals surface area contributed by atoms with Crippen LogP contribution in [0, 0.1) is 0 Å². The Hall–Kier alpha value is -5.49. The van der Waals surface area contributed by atoms with Gasteiger partial charge in [-0.3, -0.25) is 14.4 Å². The maximum absolute atomic E-state index is 12.8. The average Bonchev–Trinajstić information content (AvgIpc) is 3.39. The van der Waals surface area contributed by atoms with Crippen LogP contribution in [0.15, 0.2) is 182 Å². The number of unbranched alkanes of at least 4 members (excludes halogenated alkanes) is 7. The van der Waals surface area contributed by atoms with E-state index in [4.69, 9.17) is 14.2 Å². The molecule has 404 valence electrons. The smallest absolute Gasteiger partial charge is 0.306 e. The van der Waals surface area contributed by atoms with Gasteiger partial charge in [-0.2, -0.15) is 0 Å². The fraction of sp³-hybridized carbons (Fsp3) is 0.507. The van der Waals surface area contributed by atoms with Gasteiger partial charge in [-0.15, -0.1) is 0 Å². The lowest BCUT2D eigenvalue weighted by atomic mass is 10.1. The minimum atomic E-state index is -0.867. The zero-order valence-electron chi connectivity index (χ0n) is 46.1. The van der Waals surface area contributed by atoms with Crippen molar-refractivity contribution >= 4 is 17.9 Å². The standard InChI is InChI=1S/C67H100O6/c1-4-7-10-13-16-19-22-25-28-31-33-36-39-42-45-48-51-54-57-60-66(69)72-63-64(62-71-65(68)59-56-53-50-47-44-41-38-35-30-27-24-21-18-15-12-9-6-3)73-67(70)61-58-55-52-49-46-43-40-37-34-32-29-26-23-20-17-14-11-8-5-2/h8-9,11-12,16-21,25-30,33-34,36-38,41-43,45-47,50,52,55,64H,4-7,10,13-15,22-24,31-32,35,39-40,44,48-49,51,53-54,56-63H2,1-3H3/b11-8-,12-9-,19-16-,20-17-,21-18-,28-25-,29-26-,30-27-,36-33-,37-34-,41-38-,45-42-,46-43-,50-47-,55-52-/t64-/m1/s1. The molecule has 0 rings (SSSR count). The first-order valence-corrected chi connectivity index (χ1v) is 28.3. The van der Waals surface area contributed by atoms with E-state index in [1.807, 2.05) is 12.2 Å². The average molecular weight is 1000 g/mol. The summed E-state index contributed by atoms with van der Waals surface area (Å²) in [5.74, 6) is -1.14. The van der Waals surface area contributed by atoms with Gasteiger partial charge in [0.15, 0.2) is 6.10 Å². The SMILES string of the molecule is CC/C=C\C/C=C\C/C=C\C/C=C\C/C=C\C/C=C\CCC(=O)O[C@H](COC(=O)CCC/C=C\C/C=C\C/C=C\C/C=C\C/C=C\CC)COC(=O)CCCCC/C=C\C/C=C\C/C=C\C/C=C\CCCCC. The molecule has 6 nitrogen and oxygen atoms in total. The van der Waals surface area contributed by atoms with Crippen molar-refractivity contribution in [2.45, 2.75) is 207 Å². The molecule has 0 unspecified atom stereocenters. The highest BCUT2D eigenvalue weighted by Gasteiger charge is 2.19. The molecule has 73 heavy (non-hydrogen) atoms. The Morgan fingerprint density at radius 3 is 0.918 bits per heavy atom. The Morgan fingerprint density at radius 2 is 0.575 bits per heavy atom. The summed E-state index contributed by atoms with van der Waals surface area (Å²) >= 11 is 0. The van der Waals surface area contributed by atoms with E-state index in [0.29, 0.717) is 12.8 Å². The molecule has 0 saturated heterocycles. The molecule has 0 aromatic heterocycles. The Morgan fingerprint density at radius 1 is 0.288 bits per heavy atom. The molecule has 0 N–H and O–H groups in total. The summed E-state index contributed by atoms with van der Waals surface area (Å²) in [6, 6.07) is 0. The number of allylic oxidation sites excluding steroid dienone is 30. The molecular formula is C67H100O6. The van der Waals surface area contributed by atoms with Gasteiger partial charge in [-0.05, 0) is 141 Å². The summed E-state index contributed by atoms with van der Waals surface area (Å²) in [5, 5.41) is 0. The fourth-order valence-electron chi connectivity index (χ4n) is 6.72. The zero-order valence-corrected chi connectivity index (χ0v) is 46.1. The van der Waals surface area contributed by atoms with E-state index in [1.54, 1.807) is 0 Å². The van der Waals surface area contributed by atoms with E-state index in [0.717, 1.165) is 122 Å². The lowest BCUT2D eigenvalue weighted by molar-refractivity contribution is -0.166. The molecule has 0 heterocycles. The predicted octanol–water partition coefficient (Wildman–Crippen LogP) is 19.3. The molecule has 0 aliphatic rings. The van der Waals surface area contributed by atoms with E-state index < -0.39 is 12.1 Å². The van der Waals surface area contributed by atoms with E-state index >= 15 is 0 Å². The Balaban J connectivity index is 4.70. The highest BCUT2D eigenvalue weighted by molar-refractivity contribution is 5.71. The molecule has 0 fully saturated rings. The number of ether oxygens (including phenoxy) is 3. The number of esters is 3. The summed E-state index contributed by atoms with van der Waals surface area (Å²) < 4.78 is 16.7. The largest absolute Gasteiger partial charge is 0.462 e. The number of rotatable bonds is 48. The third kappa shape index (κ3) is 57.3. The molecule has 0 spiro atoms. The Labute approximate surface area is 446 Å². The van der Waals surface area contributed by atoms with E-state index in [2.05, 4.69) is 191 Å². The normalized spacial score (nSPS) is 13.5. The first kappa shape index (κ1) is 67.5. The summed E-state index contributed by atoms with van der Waals surface area (Å²) in [4.78, 5) is 38.1. The highest BCUT2D eigenvalue weighted by Crippen LogP contribution is 2.09. The monoisotopic (exact) mass is 1000 g/mol. The minimum absolute atomic E-state index is 0.153. The zero-order chi connectivity index (χ0) is 52.9. The molecule has 0 amide bonds. The first-order valence-electron chi connectivity index (χ1n) is 28.3. The molecule has 0 aliphatic carbocycles. The van der Waals surface area contributed by atoms with Crippen LogP contribution in [0.1, 0.15) is 201 Å². The van der Waals surface area contributed by atoms with Crippen molar-refractivity contribution in [3.05, 3.63) is 182 Å². The molecular weight excluding hydrogens is 901 g/mol. The highest BCUT2D eigenvalue weighted by atomic mass is 16.6. The fourth-order valence-corrected chi connectivity index (χ4v) is 6.72. The quantitative estimate of drug-likeness (QED) is 0.0262. The molecule has 0 aromatic carbocycles. The summed E-state index contributed by atoms with van der Waals surface area (Å²) in [6.07, 6.45) is 88.9. The predicted molar refractivity (Wildman–Crippen MR) is 315 cm³/mol. The van der Waals surface area contributed by atoms with E-state index in [1.165, 1.54) is 25.7 Å². The van der Waals surface area contributed by atoms with Crippen LogP contribution in [0.25, 0.3) is 0 Å². The number of hydrogen-bond donors (Lipinski definition) is 0. The van der Waals surface area contributed by atoms with Gasteiger partial charge < -0.3 is 14.2 Å². The van der Waals surface area contributed by atoms with Gasteiger partial charge in [0.25, 0.3) is 0 Å².